The average Bonchev–Trinajstić information content (AvgIpc) is 1.93. The number of hydrogen-bond acceptors (Lipinski definition) is 2. The van der Waals surface area contributed by atoms with Gasteiger partial charge in [-0.25, -0.2) is 0 Å². The first-order valence-corrected chi connectivity index (χ1v) is 3.36. The van der Waals surface area contributed by atoms with Crippen molar-refractivity contribution in [2.24, 2.45) is 0 Å². The van der Waals surface area contributed by atoms with Crippen molar-refractivity contribution in [3.05, 3.63) is 36.0 Å². The van der Waals surface area contributed by atoms with Gasteiger partial charge in [-0.2, -0.15) is 0 Å². The predicted octanol–water partition coefficient (Wildman–Crippen LogP) is 1.65. The Balaban J connectivity index is 2.90. The maximum absolute atomic E-state index is 10.6. The van der Waals surface area contributed by atoms with Crippen LogP contribution in [0.2, 0.25) is 0 Å². The molecule has 0 amide bonds. The highest BCUT2D eigenvalue weighted by Gasteiger charge is 2.01. The zero-order chi connectivity index (χ0) is 8.27. The molecular formula is C9H9NO. The van der Waals surface area contributed by atoms with Crippen molar-refractivity contribution in [3.8, 4) is 0 Å². The lowest BCUT2D eigenvalue weighted by atomic mass is 10.0. The average molecular weight is 147 g/mol. The van der Waals surface area contributed by atoms with E-state index in [4.69, 9.17) is 5.41 Å². The van der Waals surface area contributed by atoms with E-state index in [0.717, 1.165) is 0 Å². The van der Waals surface area contributed by atoms with E-state index in [1.807, 2.05) is 6.08 Å². The van der Waals surface area contributed by atoms with Gasteiger partial charge in [0.15, 0.2) is 5.78 Å². The van der Waals surface area contributed by atoms with Crippen LogP contribution in [-0.4, -0.2) is 11.5 Å². The molecule has 1 N–H and O–H groups in total. The number of rotatable bonds is 1. The van der Waals surface area contributed by atoms with Gasteiger partial charge in [0.1, 0.15) is 0 Å². The van der Waals surface area contributed by atoms with Crippen LogP contribution in [0.3, 0.4) is 0 Å². The van der Waals surface area contributed by atoms with Gasteiger partial charge < -0.3 is 5.41 Å². The minimum absolute atomic E-state index is 0.0234. The van der Waals surface area contributed by atoms with Gasteiger partial charge >= 0.3 is 0 Å². The van der Waals surface area contributed by atoms with Crippen molar-refractivity contribution < 1.29 is 4.79 Å². The van der Waals surface area contributed by atoms with Crippen LogP contribution in [0.25, 0.3) is 0 Å². The summed E-state index contributed by atoms with van der Waals surface area (Å²) >= 11 is 0. The van der Waals surface area contributed by atoms with Crippen LogP contribution in [-0.2, 0) is 4.79 Å². The third-order valence-corrected chi connectivity index (χ3v) is 1.32. The molecule has 1 aliphatic rings. The first-order valence-electron chi connectivity index (χ1n) is 3.36. The number of hydrogen-bond donors (Lipinski definition) is 1. The fourth-order valence-electron chi connectivity index (χ4n) is 0.842. The second-order valence-corrected chi connectivity index (χ2v) is 2.34. The Morgan fingerprint density at radius 2 is 2.09 bits per heavy atom. The Kier molecular flexibility index (Phi) is 2.16. The van der Waals surface area contributed by atoms with Crippen LogP contribution in [0.1, 0.15) is 6.92 Å². The van der Waals surface area contributed by atoms with Crippen molar-refractivity contribution in [2.75, 3.05) is 0 Å². The van der Waals surface area contributed by atoms with Gasteiger partial charge in [-0.05, 0) is 19.1 Å². The summed E-state index contributed by atoms with van der Waals surface area (Å²) in [5.41, 5.74) is 1.07. The molecule has 2 nitrogen and oxygen atoms in total. The smallest absolute Gasteiger partial charge is 0.153 e. The molecular weight excluding hydrogens is 138 g/mol. The zero-order valence-corrected chi connectivity index (χ0v) is 6.29. The molecule has 0 aliphatic heterocycles. The number of allylic oxidation sites excluding steroid dienone is 6. The number of carbonyl (C=O) groups excluding carboxylic acids is 1. The van der Waals surface area contributed by atoms with E-state index < -0.39 is 0 Å². The summed E-state index contributed by atoms with van der Waals surface area (Å²) in [6.07, 6.45) is 8.47. The molecule has 1 rings (SSSR count). The van der Waals surface area contributed by atoms with Crippen LogP contribution in [0, 0.1) is 5.41 Å². The standard InChI is InChI=1S/C9H9NO/c1-7(11)6-8-4-2-3-5-9(8)10/h2-6,10H,1H3/b8-6-,10-9?. The quantitative estimate of drug-likeness (QED) is 0.563. The maximum atomic E-state index is 10.6. The number of ketones is 1. The van der Waals surface area contributed by atoms with E-state index in [0.29, 0.717) is 11.3 Å². The lowest BCUT2D eigenvalue weighted by molar-refractivity contribution is -0.112. The molecule has 0 bridgehead atoms. The van der Waals surface area contributed by atoms with Crippen molar-refractivity contribution in [2.45, 2.75) is 6.92 Å². The molecule has 0 spiro atoms. The Hall–Kier alpha value is -1.44. The molecule has 0 saturated heterocycles. The molecule has 0 aromatic carbocycles. The molecule has 1 aliphatic carbocycles. The Labute approximate surface area is 65.4 Å². The van der Waals surface area contributed by atoms with Gasteiger partial charge in [-0.3, -0.25) is 4.79 Å². The fraction of sp³-hybridized carbons (Fsp3) is 0.111. The largest absolute Gasteiger partial charge is 0.300 e. The first-order chi connectivity index (χ1) is 5.20. The van der Waals surface area contributed by atoms with E-state index in [-0.39, 0.29) is 5.78 Å². The summed E-state index contributed by atoms with van der Waals surface area (Å²) in [7, 11) is 0. The van der Waals surface area contributed by atoms with Gasteiger partial charge in [-0.15, -0.1) is 0 Å². The van der Waals surface area contributed by atoms with Crippen molar-refractivity contribution in [1.29, 1.82) is 5.41 Å². The number of carbonyl (C=O) groups is 1. The lowest BCUT2D eigenvalue weighted by Crippen LogP contribution is -1.99. The highest BCUT2D eigenvalue weighted by molar-refractivity contribution is 6.12. The van der Waals surface area contributed by atoms with Gasteiger partial charge in [-0.1, -0.05) is 18.2 Å². The summed E-state index contributed by atoms with van der Waals surface area (Å²) in [6, 6.07) is 0. The van der Waals surface area contributed by atoms with E-state index in [1.165, 1.54) is 13.0 Å². The van der Waals surface area contributed by atoms with Gasteiger partial charge in [0, 0.05) is 5.57 Å². The number of nitrogens with one attached hydrogen (secondary N) is 1. The van der Waals surface area contributed by atoms with Crippen LogP contribution < -0.4 is 0 Å². The maximum Gasteiger partial charge on any atom is 0.153 e. The molecule has 0 aromatic heterocycles. The molecule has 0 radical (unpaired) electrons. The second-order valence-electron chi connectivity index (χ2n) is 2.34. The fourth-order valence-corrected chi connectivity index (χ4v) is 0.842. The second kappa shape index (κ2) is 3.10. The van der Waals surface area contributed by atoms with Crippen LogP contribution in [0.5, 0.6) is 0 Å². The monoisotopic (exact) mass is 147 g/mol. The van der Waals surface area contributed by atoms with E-state index in [2.05, 4.69) is 0 Å². The highest BCUT2D eigenvalue weighted by atomic mass is 16.1. The summed E-state index contributed by atoms with van der Waals surface area (Å²) in [5, 5.41) is 7.38. The Morgan fingerprint density at radius 3 is 2.64 bits per heavy atom. The first kappa shape index (κ1) is 7.66. The minimum atomic E-state index is -0.0234. The molecule has 0 heterocycles. The van der Waals surface area contributed by atoms with E-state index in [9.17, 15) is 4.79 Å². The van der Waals surface area contributed by atoms with Crippen LogP contribution in [0.4, 0.5) is 0 Å². The summed E-state index contributed by atoms with van der Waals surface area (Å²) in [4.78, 5) is 10.6. The van der Waals surface area contributed by atoms with Gasteiger partial charge in [0.05, 0.1) is 5.71 Å². The Bertz CT molecular complexity index is 282. The van der Waals surface area contributed by atoms with E-state index in [1.54, 1.807) is 18.2 Å². The van der Waals surface area contributed by atoms with Gasteiger partial charge in [0.2, 0.25) is 0 Å². The molecule has 0 atom stereocenters. The summed E-state index contributed by atoms with van der Waals surface area (Å²) < 4.78 is 0. The van der Waals surface area contributed by atoms with Crippen molar-refractivity contribution in [3.63, 3.8) is 0 Å². The van der Waals surface area contributed by atoms with Crippen LogP contribution >= 0.6 is 0 Å². The minimum Gasteiger partial charge on any atom is -0.300 e. The lowest BCUT2D eigenvalue weighted by Gasteiger charge is -2.01. The molecule has 56 valence electrons. The highest BCUT2D eigenvalue weighted by Crippen LogP contribution is 2.06. The SMILES string of the molecule is CC(=O)/C=C1/C=CC=CC1=N. The molecule has 0 unspecified atom stereocenters. The molecule has 0 fully saturated rings. The van der Waals surface area contributed by atoms with E-state index >= 15 is 0 Å². The third-order valence-electron chi connectivity index (χ3n) is 1.32. The normalized spacial score (nSPS) is 19.4. The molecule has 0 saturated carbocycles. The summed E-state index contributed by atoms with van der Waals surface area (Å²) in [5.74, 6) is -0.0234. The van der Waals surface area contributed by atoms with Crippen molar-refractivity contribution >= 4 is 11.5 Å². The molecule has 0 aromatic rings. The zero-order valence-electron chi connectivity index (χ0n) is 6.29. The van der Waals surface area contributed by atoms with Gasteiger partial charge in [0.25, 0.3) is 0 Å². The predicted molar refractivity (Wildman–Crippen MR) is 44.8 cm³/mol. The van der Waals surface area contributed by atoms with Crippen molar-refractivity contribution in [1.82, 2.24) is 0 Å². The molecule has 11 heavy (non-hydrogen) atoms. The summed E-state index contributed by atoms with van der Waals surface area (Å²) in [6.45, 7) is 1.48. The third kappa shape index (κ3) is 2.00. The molecule has 2 heteroatoms. The Morgan fingerprint density at radius 1 is 1.45 bits per heavy atom. The topological polar surface area (TPSA) is 40.9 Å². The van der Waals surface area contributed by atoms with Crippen LogP contribution in [0.15, 0.2) is 36.0 Å².